The third kappa shape index (κ3) is 2.13. The van der Waals surface area contributed by atoms with Gasteiger partial charge in [-0.25, -0.2) is 0 Å². The molecule has 0 spiro atoms. The summed E-state index contributed by atoms with van der Waals surface area (Å²) in [5.41, 5.74) is 5.17. The smallest absolute Gasteiger partial charge is 0.0256 e. The number of rotatable bonds is 1. The van der Waals surface area contributed by atoms with Crippen molar-refractivity contribution in [2.24, 2.45) is 0 Å². The van der Waals surface area contributed by atoms with Crippen LogP contribution in [0.4, 0.5) is 0 Å². The van der Waals surface area contributed by atoms with Gasteiger partial charge in [0.2, 0.25) is 0 Å². The number of hydrogen-bond acceptors (Lipinski definition) is 0. The Morgan fingerprint density at radius 3 is 2.33 bits per heavy atom. The highest BCUT2D eigenvalue weighted by Gasteiger charge is 2.05. The number of halogens is 1. The lowest BCUT2D eigenvalue weighted by atomic mass is 9.99. The molecule has 0 N–H and O–H groups in total. The summed E-state index contributed by atoms with van der Waals surface area (Å²) in [5, 5.41) is 0. The first-order valence-electron chi connectivity index (χ1n) is 5.00. The van der Waals surface area contributed by atoms with Gasteiger partial charge in [0.1, 0.15) is 0 Å². The standard InChI is InChI=1S/C14H13Br/c1-10-5-3-7-12(9-10)14-11(2)6-4-8-13(14)15/h3-9H,1-2H3. The van der Waals surface area contributed by atoms with Crippen LogP contribution in [0.1, 0.15) is 11.1 Å². The lowest BCUT2D eigenvalue weighted by Gasteiger charge is -2.09. The average Bonchev–Trinajstić information content (AvgIpc) is 2.17. The minimum absolute atomic E-state index is 1.16. The molecule has 0 aromatic heterocycles. The molecular formula is C14H13Br. The van der Waals surface area contributed by atoms with Crippen molar-refractivity contribution in [3.8, 4) is 11.1 Å². The van der Waals surface area contributed by atoms with Crippen LogP contribution in [0, 0.1) is 13.8 Å². The lowest BCUT2D eigenvalue weighted by Crippen LogP contribution is -1.85. The molecule has 2 rings (SSSR count). The van der Waals surface area contributed by atoms with E-state index in [0.717, 1.165) is 4.47 Å². The molecule has 76 valence electrons. The van der Waals surface area contributed by atoms with Crippen LogP contribution in [0.15, 0.2) is 46.9 Å². The summed E-state index contributed by atoms with van der Waals surface area (Å²) in [6, 6.07) is 14.9. The van der Waals surface area contributed by atoms with Crippen molar-refractivity contribution in [2.45, 2.75) is 13.8 Å². The van der Waals surface area contributed by atoms with Gasteiger partial charge in [0, 0.05) is 4.47 Å². The Morgan fingerprint density at radius 2 is 1.67 bits per heavy atom. The van der Waals surface area contributed by atoms with Crippen molar-refractivity contribution >= 4 is 15.9 Å². The van der Waals surface area contributed by atoms with E-state index in [2.05, 4.69) is 72.2 Å². The topological polar surface area (TPSA) is 0 Å². The van der Waals surface area contributed by atoms with Gasteiger partial charge in [0.05, 0.1) is 0 Å². The monoisotopic (exact) mass is 260 g/mol. The van der Waals surface area contributed by atoms with Crippen LogP contribution in [0.25, 0.3) is 11.1 Å². The van der Waals surface area contributed by atoms with Crippen LogP contribution in [0.2, 0.25) is 0 Å². The van der Waals surface area contributed by atoms with Crippen LogP contribution < -0.4 is 0 Å². The van der Waals surface area contributed by atoms with Crippen LogP contribution in [-0.4, -0.2) is 0 Å². The Balaban J connectivity index is 2.63. The largest absolute Gasteiger partial charge is 0.0614 e. The van der Waals surface area contributed by atoms with Crippen molar-refractivity contribution in [1.29, 1.82) is 0 Å². The molecule has 0 heterocycles. The maximum atomic E-state index is 3.61. The van der Waals surface area contributed by atoms with Gasteiger partial charge in [0.25, 0.3) is 0 Å². The summed E-state index contributed by atoms with van der Waals surface area (Å²) >= 11 is 3.61. The molecule has 0 bridgehead atoms. The lowest BCUT2D eigenvalue weighted by molar-refractivity contribution is 1.41. The molecule has 0 atom stereocenters. The van der Waals surface area contributed by atoms with Crippen molar-refractivity contribution in [3.63, 3.8) is 0 Å². The van der Waals surface area contributed by atoms with E-state index in [4.69, 9.17) is 0 Å². The van der Waals surface area contributed by atoms with Crippen LogP contribution in [-0.2, 0) is 0 Å². The summed E-state index contributed by atoms with van der Waals surface area (Å²) in [6.07, 6.45) is 0. The first-order valence-corrected chi connectivity index (χ1v) is 5.80. The van der Waals surface area contributed by atoms with Gasteiger partial charge in [0.15, 0.2) is 0 Å². The maximum absolute atomic E-state index is 3.61. The van der Waals surface area contributed by atoms with Gasteiger partial charge >= 0.3 is 0 Å². The van der Waals surface area contributed by atoms with Crippen LogP contribution >= 0.6 is 15.9 Å². The highest BCUT2D eigenvalue weighted by Crippen LogP contribution is 2.31. The number of benzene rings is 2. The molecule has 0 radical (unpaired) electrons. The van der Waals surface area contributed by atoms with Gasteiger partial charge in [-0.15, -0.1) is 0 Å². The Bertz CT molecular complexity index is 466. The Kier molecular flexibility index (Phi) is 2.92. The van der Waals surface area contributed by atoms with E-state index in [1.807, 2.05) is 0 Å². The predicted octanol–water partition coefficient (Wildman–Crippen LogP) is 4.73. The summed E-state index contributed by atoms with van der Waals surface area (Å²) in [5.74, 6) is 0. The van der Waals surface area contributed by atoms with E-state index in [1.165, 1.54) is 22.3 Å². The normalized spacial score (nSPS) is 10.3. The Morgan fingerprint density at radius 1 is 0.933 bits per heavy atom. The highest BCUT2D eigenvalue weighted by atomic mass is 79.9. The molecule has 0 saturated carbocycles. The number of aryl methyl sites for hydroxylation is 2. The van der Waals surface area contributed by atoms with E-state index in [9.17, 15) is 0 Å². The minimum Gasteiger partial charge on any atom is -0.0614 e. The van der Waals surface area contributed by atoms with Crippen LogP contribution in [0.5, 0.6) is 0 Å². The quantitative estimate of drug-likeness (QED) is 0.696. The second-order valence-corrected chi connectivity index (χ2v) is 4.66. The molecule has 2 aromatic rings. The third-order valence-electron chi connectivity index (χ3n) is 2.53. The molecule has 2 aromatic carbocycles. The van der Waals surface area contributed by atoms with Gasteiger partial charge in [-0.1, -0.05) is 57.9 Å². The summed E-state index contributed by atoms with van der Waals surface area (Å²) in [4.78, 5) is 0. The fourth-order valence-corrected chi connectivity index (χ4v) is 2.49. The minimum atomic E-state index is 1.16. The molecule has 0 aliphatic rings. The molecule has 0 aliphatic heterocycles. The summed E-state index contributed by atoms with van der Waals surface area (Å²) in [7, 11) is 0. The predicted molar refractivity (Wildman–Crippen MR) is 69.1 cm³/mol. The van der Waals surface area contributed by atoms with Crippen molar-refractivity contribution in [2.75, 3.05) is 0 Å². The van der Waals surface area contributed by atoms with Gasteiger partial charge in [-0.3, -0.25) is 0 Å². The van der Waals surface area contributed by atoms with Gasteiger partial charge in [-0.05, 0) is 36.6 Å². The van der Waals surface area contributed by atoms with Crippen molar-refractivity contribution in [3.05, 3.63) is 58.1 Å². The molecule has 0 saturated heterocycles. The molecule has 0 amide bonds. The Hall–Kier alpha value is -1.08. The van der Waals surface area contributed by atoms with E-state index < -0.39 is 0 Å². The molecule has 0 aliphatic carbocycles. The summed E-state index contributed by atoms with van der Waals surface area (Å²) in [6.45, 7) is 4.26. The van der Waals surface area contributed by atoms with Crippen molar-refractivity contribution < 1.29 is 0 Å². The summed E-state index contributed by atoms with van der Waals surface area (Å²) < 4.78 is 1.16. The average molecular weight is 261 g/mol. The molecule has 15 heavy (non-hydrogen) atoms. The molecule has 0 nitrogen and oxygen atoms in total. The first kappa shape index (κ1) is 10.4. The third-order valence-corrected chi connectivity index (χ3v) is 3.19. The van der Waals surface area contributed by atoms with E-state index in [0.29, 0.717) is 0 Å². The second kappa shape index (κ2) is 4.19. The van der Waals surface area contributed by atoms with E-state index in [-0.39, 0.29) is 0 Å². The molecular weight excluding hydrogens is 248 g/mol. The highest BCUT2D eigenvalue weighted by molar-refractivity contribution is 9.10. The molecule has 0 fully saturated rings. The van der Waals surface area contributed by atoms with E-state index in [1.54, 1.807) is 0 Å². The molecule has 0 unspecified atom stereocenters. The second-order valence-electron chi connectivity index (χ2n) is 3.80. The van der Waals surface area contributed by atoms with E-state index >= 15 is 0 Å². The zero-order valence-corrected chi connectivity index (χ0v) is 10.5. The maximum Gasteiger partial charge on any atom is 0.0256 e. The van der Waals surface area contributed by atoms with Crippen molar-refractivity contribution in [1.82, 2.24) is 0 Å². The van der Waals surface area contributed by atoms with Crippen LogP contribution in [0.3, 0.4) is 0 Å². The SMILES string of the molecule is Cc1cccc(-c2c(C)cccc2Br)c1. The van der Waals surface area contributed by atoms with Gasteiger partial charge in [-0.2, -0.15) is 0 Å². The Labute approximate surface area is 99.1 Å². The first-order chi connectivity index (χ1) is 7.18. The van der Waals surface area contributed by atoms with Gasteiger partial charge < -0.3 is 0 Å². The zero-order valence-electron chi connectivity index (χ0n) is 8.92. The fourth-order valence-electron chi connectivity index (χ4n) is 1.80. The molecule has 1 heteroatoms. The number of hydrogen-bond donors (Lipinski definition) is 0. The fraction of sp³-hybridized carbons (Fsp3) is 0.143. The zero-order chi connectivity index (χ0) is 10.8.